The van der Waals surface area contributed by atoms with Gasteiger partial charge in [0.25, 0.3) is 0 Å². The van der Waals surface area contributed by atoms with Gasteiger partial charge in [0.1, 0.15) is 5.76 Å². The van der Waals surface area contributed by atoms with Crippen LogP contribution in [0.3, 0.4) is 0 Å². The highest BCUT2D eigenvalue weighted by Crippen LogP contribution is 2.43. The molecule has 0 saturated carbocycles. The Morgan fingerprint density at radius 1 is 1.25 bits per heavy atom. The summed E-state index contributed by atoms with van der Waals surface area (Å²) in [4.78, 5) is 12.1. The molecule has 0 unspecified atom stereocenters. The van der Waals surface area contributed by atoms with Crippen LogP contribution in [0, 0.1) is 5.41 Å². The smallest absolute Gasteiger partial charge is 0.165 e. The van der Waals surface area contributed by atoms with E-state index >= 15 is 0 Å². The van der Waals surface area contributed by atoms with E-state index in [0.29, 0.717) is 25.0 Å². The fourth-order valence-electron chi connectivity index (χ4n) is 2.86. The van der Waals surface area contributed by atoms with Gasteiger partial charge < -0.3 is 9.84 Å². The van der Waals surface area contributed by atoms with E-state index in [1.54, 1.807) is 0 Å². The Morgan fingerprint density at radius 3 is 2.44 bits per heavy atom. The van der Waals surface area contributed by atoms with Crippen LogP contribution in [0.15, 0.2) is 11.3 Å². The van der Waals surface area contributed by atoms with Crippen LogP contribution in [0.5, 0.6) is 0 Å². The molecule has 0 aromatic heterocycles. The topological polar surface area (TPSA) is 46.5 Å². The summed E-state index contributed by atoms with van der Waals surface area (Å²) in [6, 6.07) is 0. The molecule has 1 aliphatic heterocycles. The van der Waals surface area contributed by atoms with Crippen molar-refractivity contribution in [2.75, 3.05) is 6.61 Å². The van der Waals surface area contributed by atoms with E-state index in [1.165, 1.54) is 0 Å². The molecule has 1 N–H and O–H groups in total. The predicted molar refractivity (Wildman–Crippen MR) is 61.3 cm³/mol. The third-order valence-electron chi connectivity index (χ3n) is 3.60. The number of ether oxygens (including phenoxy) is 1. The maximum atomic E-state index is 12.1. The van der Waals surface area contributed by atoms with E-state index in [0.717, 1.165) is 12.8 Å². The zero-order chi connectivity index (χ0) is 12.0. The third kappa shape index (κ3) is 1.88. The fourth-order valence-corrected chi connectivity index (χ4v) is 2.86. The molecular formula is C13H20O3. The monoisotopic (exact) mass is 224 g/mol. The lowest BCUT2D eigenvalue weighted by Gasteiger charge is -2.35. The number of ketones is 1. The average Bonchev–Trinajstić information content (AvgIpc) is 2.48. The van der Waals surface area contributed by atoms with Crippen LogP contribution >= 0.6 is 0 Å². The van der Waals surface area contributed by atoms with E-state index in [1.807, 2.05) is 20.8 Å². The molecule has 2 rings (SSSR count). The summed E-state index contributed by atoms with van der Waals surface area (Å²) >= 11 is 0. The maximum Gasteiger partial charge on any atom is 0.165 e. The van der Waals surface area contributed by atoms with E-state index in [9.17, 15) is 9.90 Å². The Kier molecular flexibility index (Phi) is 2.61. The van der Waals surface area contributed by atoms with Gasteiger partial charge in [-0.25, -0.2) is 0 Å². The lowest BCUT2D eigenvalue weighted by Crippen LogP contribution is -2.37. The Bertz CT molecular complexity index is 346. The highest BCUT2D eigenvalue weighted by molar-refractivity contribution is 5.99. The first kappa shape index (κ1) is 11.6. The molecule has 16 heavy (non-hydrogen) atoms. The molecule has 0 aromatic rings. The van der Waals surface area contributed by atoms with Gasteiger partial charge >= 0.3 is 0 Å². The lowest BCUT2D eigenvalue weighted by molar-refractivity contribution is -0.121. The number of carbonyl (C=O) groups is 1. The van der Waals surface area contributed by atoms with Crippen molar-refractivity contribution >= 4 is 5.78 Å². The van der Waals surface area contributed by atoms with Gasteiger partial charge in [-0.05, 0) is 25.2 Å². The second-order valence-corrected chi connectivity index (χ2v) is 5.95. The highest BCUT2D eigenvalue weighted by atomic mass is 16.5. The Balaban J connectivity index is 2.36. The van der Waals surface area contributed by atoms with E-state index in [-0.39, 0.29) is 17.0 Å². The third-order valence-corrected chi connectivity index (χ3v) is 3.60. The first-order chi connectivity index (χ1) is 7.34. The first-order valence-electron chi connectivity index (χ1n) is 5.94. The fraction of sp³-hybridized carbons (Fsp3) is 0.769. The number of carbonyl (C=O) groups excluding carboxylic acids is 1. The molecule has 0 amide bonds. The molecule has 1 saturated heterocycles. The van der Waals surface area contributed by atoms with Crippen LogP contribution in [0.25, 0.3) is 0 Å². The number of aliphatic hydroxyl groups is 1. The SMILES string of the molecule is CC1(C)CC(=O)C([C@]2(C)CCCO2)=C(O)C1. The summed E-state index contributed by atoms with van der Waals surface area (Å²) in [5.41, 5.74) is -0.138. The van der Waals surface area contributed by atoms with Crippen LogP contribution < -0.4 is 0 Å². The summed E-state index contributed by atoms with van der Waals surface area (Å²) in [6.45, 7) is 6.62. The highest BCUT2D eigenvalue weighted by Gasteiger charge is 2.44. The van der Waals surface area contributed by atoms with E-state index < -0.39 is 5.60 Å². The molecule has 0 aromatic carbocycles. The summed E-state index contributed by atoms with van der Waals surface area (Å²) in [5, 5.41) is 10.1. The minimum absolute atomic E-state index is 0.0538. The predicted octanol–water partition coefficient (Wildman–Crippen LogP) is 2.76. The first-order valence-corrected chi connectivity index (χ1v) is 5.94. The van der Waals surface area contributed by atoms with Gasteiger partial charge in [0.2, 0.25) is 0 Å². The number of hydrogen-bond donors (Lipinski definition) is 1. The van der Waals surface area contributed by atoms with Crippen molar-refractivity contribution < 1.29 is 14.6 Å². The van der Waals surface area contributed by atoms with Crippen LogP contribution in [-0.4, -0.2) is 23.1 Å². The van der Waals surface area contributed by atoms with Crippen molar-refractivity contribution in [3.8, 4) is 0 Å². The zero-order valence-corrected chi connectivity index (χ0v) is 10.3. The minimum atomic E-state index is -0.544. The summed E-state index contributed by atoms with van der Waals surface area (Å²) in [5.74, 6) is 0.295. The van der Waals surface area contributed by atoms with Crippen molar-refractivity contribution in [2.45, 2.75) is 52.1 Å². The second-order valence-electron chi connectivity index (χ2n) is 5.95. The van der Waals surface area contributed by atoms with E-state index in [4.69, 9.17) is 4.74 Å². The number of allylic oxidation sites excluding steroid dienone is 1. The number of hydrogen-bond acceptors (Lipinski definition) is 3. The molecule has 3 nitrogen and oxygen atoms in total. The Labute approximate surface area is 96.5 Å². The molecule has 1 aliphatic carbocycles. The largest absolute Gasteiger partial charge is 0.512 e. The number of rotatable bonds is 1. The Hall–Kier alpha value is -0.830. The van der Waals surface area contributed by atoms with Crippen LogP contribution in [0.4, 0.5) is 0 Å². The second kappa shape index (κ2) is 3.59. The molecule has 0 spiro atoms. The normalized spacial score (nSPS) is 34.6. The van der Waals surface area contributed by atoms with Gasteiger partial charge in [0.05, 0.1) is 11.2 Å². The molecular weight excluding hydrogens is 204 g/mol. The van der Waals surface area contributed by atoms with Crippen molar-refractivity contribution in [3.63, 3.8) is 0 Å². The maximum absolute atomic E-state index is 12.1. The van der Waals surface area contributed by atoms with Crippen molar-refractivity contribution in [2.24, 2.45) is 5.41 Å². The molecule has 1 atom stereocenters. The minimum Gasteiger partial charge on any atom is -0.512 e. The lowest BCUT2D eigenvalue weighted by atomic mass is 9.72. The van der Waals surface area contributed by atoms with Crippen LogP contribution in [-0.2, 0) is 9.53 Å². The molecule has 0 bridgehead atoms. The van der Waals surface area contributed by atoms with Crippen molar-refractivity contribution in [1.82, 2.24) is 0 Å². The molecule has 1 heterocycles. The zero-order valence-electron chi connectivity index (χ0n) is 10.3. The molecule has 0 radical (unpaired) electrons. The van der Waals surface area contributed by atoms with Gasteiger partial charge in [-0.15, -0.1) is 0 Å². The van der Waals surface area contributed by atoms with Crippen LogP contribution in [0.2, 0.25) is 0 Å². The van der Waals surface area contributed by atoms with Gasteiger partial charge in [-0.2, -0.15) is 0 Å². The average molecular weight is 224 g/mol. The van der Waals surface area contributed by atoms with Crippen molar-refractivity contribution in [3.05, 3.63) is 11.3 Å². The summed E-state index contributed by atoms with van der Waals surface area (Å²) in [7, 11) is 0. The standard InChI is InChI=1S/C13H20O3/c1-12(2)7-9(14)11(10(15)8-12)13(3)5-4-6-16-13/h14H,4-8H2,1-3H3/t13-/m0/s1. The number of Topliss-reactive ketones (excluding diaryl/α,β-unsaturated/α-hetero) is 1. The quantitative estimate of drug-likeness (QED) is 0.745. The van der Waals surface area contributed by atoms with Gasteiger partial charge in [0.15, 0.2) is 5.78 Å². The Morgan fingerprint density at radius 2 is 1.94 bits per heavy atom. The van der Waals surface area contributed by atoms with Gasteiger partial charge in [0, 0.05) is 19.4 Å². The van der Waals surface area contributed by atoms with Gasteiger partial charge in [-0.1, -0.05) is 13.8 Å². The van der Waals surface area contributed by atoms with Crippen LogP contribution in [0.1, 0.15) is 46.5 Å². The van der Waals surface area contributed by atoms with E-state index in [2.05, 4.69) is 0 Å². The number of aliphatic hydroxyl groups excluding tert-OH is 1. The molecule has 1 fully saturated rings. The van der Waals surface area contributed by atoms with Gasteiger partial charge in [-0.3, -0.25) is 4.79 Å². The summed E-state index contributed by atoms with van der Waals surface area (Å²) < 4.78 is 5.65. The molecule has 3 heteroatoms. The van der Waals surface area contributed by atoms with Crippen molar-refractivity contribution in [1.29, 1.82) is 0 Å². The molecule has 90 valence electrons. The summed E-state index contributed by atoms with van der Waals surface area (Å²) in [6.07, 6.45) is 2.88. The molecule has 2 aliphatic rings.